The van der Waals surface area contributed by atoms with Crippen LogP contribution >= 0.6 is 0 Å². The second-order valence-corrected chi connectivity index (χ2v) is 14.9. The molecule has 0 radical (unpaired) electrons. The summed E-state index contributed by atoms with van der Waals surface area (Å²) >= 11 is 0. The lowest BCUT2D eigenvalue weighted by Crippen LogP contribution is -2.13. The molecule has 0 fully saturated rings. The highest BCUT2D eigenvalue weighted by molar-refractivity contribution is 5.88. The Morgan fingerprint density at radius 2 is 1.36 bits per heavy atom. The lowest BCUT2D eigenvalue weighted by molar-refractivity contribution is 0.665. The van der Waals surface area contributed by atoms with E-state index in [1.165, 1.54) is 67.1 Å². The Bertz CT molecular complexity index is 2290. The van der Waals surface area contributed by atoms with E-state index in [-0.39, 0.29) is 5.92 Å². The predicted octanol–water partition coefficient (Wildman–Crippen LogP) is 13.6. The summed E-state index contributed by atoms with van der Waals surface area (Å²) in [4.78, 5) is 0. The fraction of sp³-hybridized carbons (Fsp3) is 0.222. The first-order chi connectivity index (χ1) is 27.4. The summed E-state index contributed by atoms with van der Waals surface area (Å²) in [6.45, 7) is 10.1. The summed E-state index contributed by atoms with van der Waals surface area (Å²) in [7, 11) is 0. The highest BCUT2D eigenvalue weighted by Gasteiger charge is 2.25. The minimum atomic E-state index is 0.185. The van der Waals surface area contributed by atoms with Gasteiger partial charge >= 0.3 is 0 Å². The van der Waals surface area contributed by atoms with Gasteiger partial charge in [0.1, 0.15) is 0 Å². The zero-order valence-corrected chi connectivity index (χ0v) is 33.6. The van der Waals surface area contributed by atoms with Crippen LogP contribution in [-0.4, -0.2) is 4.57 Å². The monoisotopic (exact) mass is 732 g/mol. The van der Waals surface area contributed by atoms with Crippen LogP contribution in [0, 0.1) is 24.7 Å². The van der Waals surface area contributed by atoms with Crippen LogP contribution in [0.25, 0.3) is 22.3 Å². The van der Waals surface area contributed by atoms with Gasteiger partial charge in [0.2, 0.25) is 0 Å². The number of rotatable bonds is 6. The molecule has 2 N–H and O–H groups in total. The van der Waals surface area contributed by atoms with E-state index >= 15 is 0 Å². The molecule has 2 aliphatic heterocycles. The molecule has 1 aromatic heterocycles. The zero-order valence-electron chi connectivity index (χ0n) is 33.6. The molecule has 3 aromatic carbocycles. The lowest BCUT2D eigenvalue weighted by atomic mass is 9.85. The number of nitrogens with two attached hydrogens (primary N) is 1. The molecule has 3 aliphatic rings. The lowest BCUT2D eigenvalue weighted by Gasteiger charge is -2.24. The molecule has 2 heteroatoms. The quantitative estimate of drug-likeness (QED) is 0.197. The number of fused-ring (bicyclic) bond motifs is 2. The molecule has 0 spiro atoms. The third kappa shape index (κ3) is 8.75. The fourth-order valence-corrected chi connectivity index (χ4v) is 8.34. The summed E-state index contributed by atoms with van der Waals surface area (Å²) in [5, 5.41) is 0. The van der Waals surface area contributed by atoms with Crippen molar-refractivity contribution in [1.82, 2.24) is 4.57 Å². The maximum Gasteiger partial charge on any atom is 0.0509 e. The summed E-state index contributed by atoms with van der Waals surface area (Å²) in [6, 6.07) is 37.6. The van der Waals surface area contributed by atoms with E-state index in [1.54, 1.807) is 0 Å². The van der Waals surface area contributed by atoms with Crippen LogP contribution in [0.4, 0.5) is 0 Å². The first-order valence-corrected chi connectivity index (χ1v) is 20.2. The van der Waals surface area contributed by atoms with Crippen LogP contribution in [0.1, 0.15) is 87.9 Å². The van der Waals surface area contributed by atoms with E-state index < -0.39 is 0 Å². The van der Waals surface area contributed by atoms with Gasteiger partial charge in [-0.3, -0.25) is 0 Å². The van der Waals surface area contributed by atoms with Crippen molar-refractivity contribution in [2.24, 2.45) is 17.6 Å². The average molecular weight is 733 g/mol. The van der Waals surface area contributed by atoms with Gasteiger partial charge in [0.05, 0.1) is 5.69 Å². The molecule has 0 saturated heterocycles. The highest BCUT2D eigenvalue weighted by Crippen LogP contribution is 2.41. The minimum absolute atomic E-state index is 0.185. The van der Waals surface area contributed by atoms with Crippen LogP contribution in [0.15, 0.2) is 186 Å². The van der Waals surface area contributed by atoms with Crippen LogP contribution in [-0.2, 0) is 6.54 Å². The first-order valence-electron chi connectivity index (χ1n) is 20.2. The van der Waals surface area contributed by atoms with Crippen LogP contribution in [0.2, 0.25) is 0 Å². The van der Waals surface area contributed by atoms with Gasteiger partial charge in [-0.15, -0.1) is 12.8 Å². The van der Waals surface area contributed by atoms with Crippen molar-refractivity contribution < 1.29 is 0 Å². The largest absolute Gasteiger partial charge is 0.398 e. The van der Waals surface area contributed by atoms with E-state index in [0.29, 0.717) is 5.92 Å². The molecule has 0 amide bonds. The second-order valence-electron chi connectivity index (χ2n) is 14.9. The number of aromatic nitrogens is 1. The molecule has 2 unspecified atom stereocenters. The van der Waals surface area contributed by atoms with Gasteiger partial charge in [-0.25, -0.2) is 0 Å². The molecule has 2 atom stereocenters. The molecule has 0 saturated carbocycles. The van der Waals surface area contributed by atoms with E-state index in [9.17, 15) is 0 Å². The molecule has 2 bridgehead atoms. The van der Waals surface area contributed by atoms with Gasteiger partial charge in [-0.1, -0.05) is 160 Å². The summed E-state index contributed by atoms with van der Waals surface area (Å²) < 4.78 is 2.59. The van der Waals surface area contributed by atoms with E-state index in [4.69, 9.17) is 5.73 Å². The van der Waals surface area contributed by atoms with Gasteiger partial charge < -0.3 is 10.3 Å². The highest BCUT2D eigenvalue weighted by atomic mass is 15.0. The van der Waals surface area contributed by atoms with Gasteiger partial charge in [0.15, 0.2) is 0 Å². The number of allylic oxidation sites excluding steroid dienone is 16. The third-order valence-electron chi connectivity index (χ3n) is 11.4. The zero-order chi connectivity index (χ0) is 39.4. The summed E-state index contributed by atoms with van der Waals surface area (Å²) in [5.41, 5.74) is 24.7. The minimum Gasteiger partial charge on any atom is -0.398 e. The molecule has 7 rings (SSSR count). The normalized spacial score (nSPS) is 25.1. The van der Waals surface area contributed by atoms with Crippen molar-refractivity contribution in [3.8, 4) is 12.8 Å². The van der Waals surface area contributed by atoms with E-state index in [0.717, 1.165) is 49.9 Å². The van der Waals surface area contributed by atoms with Crippen molar-refractivity contribution >= 4 is 22.3 Å². The molecule has 4 aromatic rings. The molecule has 2 nitrogen and oxygen atoms in total. The number of terminal acetylenes is 1. The second kappa shape index (κ2) is 19.0. The Balaban J connectivity index is 0.00000262. The van der Waals surface area contributed by atoms with Crippen molar-refractivity contribution in [1.29, 1.82) is 0 Å². The Hall–Kier alpha value is -6.04. The topological polar surface area (TPSA) is 30.9 Å². The van der Waals surface area contributed by atoms with Crippen molar-refractivity contribution in [2.45, 2.75) is 66.3 Å². The molecule has 56 heavy (non-hydrogen) atoms. The van der Waals surface area contributed by atoms with Crippen molar-refractivity contribution in [2.75, 3.05) is 0 Å². The number of nitrogens with zero attached hydrogens (tertiary/aromatic N) is 1. The van der Waals surface area contributed by atoms with Gasteiger partial charge in [0.25, 0.3) is 0 Å². The summed E-state index contributed by atoms with van der Waals surface area (Å²) in [6.07, 6.45) is 33.5. The number of benzene rings is 3. The maximum atomic E-state index is 7.28. The molecule has 1 aliphatic carbocycles. The third-order valence-corrected chi connectivity index (χ3v) is 11.4. The van der Waals surface area contributed by atoms with Gasteiger partial charge in [-0.2, -0.15) is 0 Å². The van der Waals surface area contributed by atoms with E-state index in [1.807, 2.05) is 0 Å². The van der Waals surface area contributed by atoms with Crippen molar-refractivity contribution in [3.63, 3.8) is 0 Å². The Morgan fingerprint density at radius 1 is 0.732 bits per heavy atom. The Labute approximate surface area is 336 Å². The average Bonchev–Trinajstić information content (AvgIpc) is 3.64. The number of hydrogen-bond donors (Lipinski definition) is 1. The first kappa shape index (κ1) is 39.6. The van der Waals surface area contributed by atoms with Gasteiger partial charge in [-0.05, 0) is 113 Å². The van der Waals surface area contributed by atoms with Crippen LogP contribution in [0.3, 0.4) is 0 Å². The molecular weight excluding hydrogens is 677 g/mol. The maximum absolute atomic E-state index is 7.28. The van der Waals surface area contributed by atoms with Gasteiger partial charge in [0, 0.05) is 35.0 Å². The molecular formula is C54H56N2. The Kier molecular flexibility index (Phi) is 13.5. The van der Waals surface area contributed by atoms with E-state index in [2.05, 4.69) is 203 Å². The number of hydrogen-bond acceptors (Lipinski definition) is 1. The molecule has 282 valence electrons. The molecule has 3 heterocycles. The summed E-state index contributed by atoms with van der Waals surface area (Å²) in [5.74, 6) is 0.539. The SMILES string of the molecule is C#C.CCC(C)C1=C(/c2ccccc2)c2ccc3n2CCC(=C(/c2ccccc2)C(C)/C=C\1)/C=C\C(C)=C(/c1ccccc1)C/C=C\C(N)=C\3C1=CC=CCC1. The fourth-order valence-electron chi connectivity index (χ4n) is 8.34. The standard InChI is InChI=1S/C52H54N2.C2H2/c1-5-37(2)46-32-30-39(4)50(41-21-12-7-13-22-41)44-31-29-38(3)45(40-19-10-6-11-20-40)27-18-28-47(53)52(43-25-16-9-17-26-43)49-34-33-48(54(49)36-35-44)51(46)42-23-14-8-15-24-42;1-2/h6-16,18-25,28-34,37,39H,5,17,26-27,35-36,53H2,1-4H3;1-2H/b28-18-,31-29-,32-30-,45-38-,50-44+,51-46-,52-47-;. The predicted molar refractivity (Wildman–Crippen MR) is 242 cm³/mol. The van der Waals surface area contributed by atoms with Crippen LogP contribution in [0.5, 0.6) is 0 Å². The van der Waals surface area contributed by atoms with Crippen LogP contribution < -0.4 is 5.73 Å². The van der Waals surface area contributed by atoms with Crippen molar-refractivity contribution in [3.05, 3.63) is 214 Å². The smallest absolute Gasteiger partial charge is 0.0509 e. The Morgan fingerprint density at radius 3 is 1.98 bits per heavy atom.